The van der Waals surface area contributed by atoms with Crippen LogP contribution in [0.5, 0.6) is 11.5 Å². The van der Waals surface area contributed by atoms with Crippen molar-refractivity contribution in [3.63, 3.8) is 0 Å². The van der Waals surface area contributed by atoms with Crippen LogP contribution in [-0.4, -0.2) is 23.0 Å². The zero-order valence-corrected chi connectivity index (χ0v) is 11.1. The summed E-state index contributed by atoms with van der Waals surface area (Å²) in [5.74, 6) is -0.182. The molecule has 2 aromatic rings. The second-order valence-corrected chi connectivity index (χ2v) is 4.40. The maximum absolute atomic E-state index is 9.37. The van der Waals surface area contributed by atoms with Crippen molar-refractivity contribution >= 4 is 12.3 Å². The highest BCUT2D eigenvalue weighted by molar-refractivity contribution is 5.78. The van der Waals surface area contributed by atoms with Gasteiger partial charge in [-0.3, -0.25) is 4.99 Å². The molecule has 0 amide bonds. The number of benzene rings is 2. The van der Waals surface area contributed by atoms with E-state index in [0.717, 1.165) is 17.5 Å². The SMILES string of the molecule is Oc1ccc(CCN=C/C=C/c2ccccc2)cc1O. The molecular formula is C17H17NO2. The first-order chi connectivity index (χ1) is 9.75. The number of phenolic OH excluding ortho intramolecular Hbond substituents is 2. The third kappa shape index (κ3) is 4.28. The van der Waals surface area contributed by atoms with E-state index in [9.17, 15) is 10.2 Å². The highest BCUT2D eigenvalue weighted by Gasteiger charge is 1.99. The van der Waals surface area contributed by atoms with Gasteiger partial charge in [-0.15, -0.1) is 0 Å². The van der Waals surface area contributed by atoms with Gasteiger partial charge < -0.3 is 10.2 Å². The molecule has 0 aliphatic rings. The van der Waals surface area contributed by atoms with E-state index in [1.807, 2.05) is 42.5 Å². The molecule has 0 fully saturated rings. The van der Waals surface area contributed by atoms with Crippen LogP contribution in [0.15, 0.2) is 59.6 Å². The van der Waals surface area contributed by atoms with Gasteiger partial charge in [0.2, 0.25) is 0 Å². The molecule has 0 saturated carbocycles. The monoisotopic (exact) mass is 267 g/mol. The summed E-state index contributed by atoms with van der Waals surface area (Å²) >= 11 is 0. The average Bonchev–Trinajstić information content (AvgIpc) is 2.47. The molecule has 2 N–H and O–H groups in total. The summed E-state index contributed by atoms with van der Waals surface area (Å²) in [6.45, 7) is 0.642. The molecule has 0 aliphatic heterocycles. The predicted octanol–water partition coefficient (Wildman–Crippen LogP) is 3.42. The lowest BCUT2D eigenvalue weighted by atomic mass is 10.1. The van der Waals surface area contributed by atoms with Gasteiger partial charge in [0.1, 0.15) is 0 Å². The van der Waals surface area contributed by atoms with E-state index in [1.54, 1.807) is 18.3 Å². The van der Waals surface area contributed by atoms with E-state index >= 15 is 0 Å². The van der Waals surface area contributed by atoms with Gasteiger partial charge in [0, 0.05) is 12.8 Å². The first kappa shape index (κ1) is 13.9. The van der Waals surface area contributed by atoms with E-state index in [0.29, 0.717) is 6.54 Å². The lowest BCUT2D eigenvalue weighted by molar-refractivity contribution is 0.403. The van der Waals surface area contributed by atoms with Crippen molar-refractivity contribution in [1.29, 1.82) is 0 Å². The van der Waals surface area contributed by atoms with Crippen LogP contribution < -0.4 is 0 Å². The molecule has 2 aromatic carbocycles. The minimum atomic E-state index is -0.0944. The van der Waals surface area contributed by atoms with Crippen LogP contribution in [0.1, 0.15) is 11.1 Å². The normalized spacial score (nSPS) is 11.4. The molecule has 0 aliphatic carbocycles. The van der Waals surface area contributed by atoms with Gasteiger partial charge in [-0.2, -0.15) is 0 Å². The van der Waals surface area contributed by atoms with Gasteiger partial charge in [-0.05, 0) is 35.8 Å². The van der Waals surface area contributed by atoms with Crippen molar-refractivity contribution in [2.45, 2.75) is 6.42 Å². The van der Waals surface area contributed by atoms with E-state index in [2.05, 4.69) is 4.99 Å². The van der Waals surface area contributed by atoms with Crippen molar-refractivity contribution in [2.75, 3.05) is 6.54 Å². The Morgan fingerprint density at radius 2 is 1.75 bits per heavy atom. The summed E-state index contributed by atoms with van der Waals surface area (Å²) in [4.78, 5) is 4.28. The molecule has 2 rings (SSSR count). The fraction of sp³-hybridized carbons (Fsp3) is 0.118. The first-order valence-electron chi connectivity index (χ1n) is 6.48. The minimum Gasteiger partial charge on any atom is -0.504 e. The third-order valence-electron chi connectivity index (χ3n) is 2.85. The molecule has 3 nitrogen and oxygen atoms in total. The molecule has 3 heteroatoms. The smallest absolute Gasteiger partial charge is 0.157 e. The second kappa shape index (κ2) is 7.14. The lowest BCUT2D eigenvalue weighted by Gasteiger charge is -2.01. The van der Waals surface area contributed by atoms with Gasteiger partial charge in [0.25, 0.3) is 0 Å². The Morgan fingerprint density at radius 1 is 0.950 bits per heavy atom. The van der Waals surface area contributed by atoms with E-state index < -0.39 is 0 Å². The van der Waals surface area contributed by atoms with Gasteiger partial charge in [0.15, 0.2) is 11.5 Å². The molecule has 0 bridgehead atoms. The largest absolute Gasteiger partial charge is 0.504 e. The van der Waals surface area contributed by atoms with Crippen molar-refractivity contribution in [3.05, 3.63) is 65.7 Å². The third-order valence-corrected chi connectivity index (χ3v) is 2.85. The van der Waals surface area contributed by atoms with Gasteiger partial charge >= 0.3 is 0 Å². The highest BCUT2D eigenvalue weighted by atomic mass is 16.3. The van der Waals surface area contributed by atoms with Gasteiger partial charge in [0.05, 0.1) is 0 Å². The number of allylic oxidation sites excluding steroid dienone is 1. The van der Waals surface area contributed by atoms with Crippen LogP contribution >= 0.6 is 0 Å². The Balaban J connectivity index is 1.79. The van der Waals surface area contributed by atoms with E-state index in [4.69, 9.17) is 0 Å². The number of aromatic hydroxyl groups is 2. The maximum atomic E-state index is 9.37. The molecule has 0 saturated heterocycles. The Kier molecular flexibility index (Phi) is 4.95. The second-order valence-electron chi connectivity index (χ2n) is 4.40. The number of nitrogens with zero attached hydrogens (tertiary/aromatic N) is 1. The molecule has 0 atom stereocenters. The minimum absolute atomic E-state index is 0.0875. The lowest BCUT2D eigenvalue weighted by Crippen LogP contribution is -1.89. The van der Waals surface area contributed by atoms with E-state index in [1.165, 1.54) is 6.07 Å². The van der Waals surface area contributed by atoms with E-state index in [-0.39, 0.29) is 11.5 Å². The summed E-state index contributed by atoms with van der Waals surface area (Å²) in [5.41, 5.74) is 2.09. The number of hydrogen-bond acceptors (Lipinski definition) is 3. The number of rotatable bonds is 5. The Labute approximate surface area is 118 Å². The van der Waals surface area contributed by atoms with Crippen LogP contribution in [0, 0.1) is 0 Å². The standard InChI is InChI=1S/C17H17NO2/c19-16-9-8-15(13-17(16)20)10-12-18-11-4-7-14-5-2-1-3-6-14/h1-9,11,13,19-20H,10,12H2/b7-4+,18-11?. The summed E-state index contributed by atoms with van der Waals surface area (Å²) in [5, 5.41) is 18.6. The molecule has 0 unspecified atom stereocenters. The average molecular weight is 267 g/mol. The fourth-order valence-corrected chi connectivity index (χ4v) is 1.77. The van der Waals surface area contributed by atoms with Crippen molar-refractivity contribution in [3.8, 4) is 11.5 Å². The molecule has 102 valence electrons. The summed E-state index contributed by atoms with van der Waals surface area (Å²) in [6.07, 6.45) is 6.40. The Bertz CT molecular complexity index is 604. The Hall–Kier alpha value is -2.55. The maximum Gasteiger partial charge on any atom is 0.157 e. The zero-order chi connectivity index (χ0) is 14.2. The highest BCUT2D eigenvalue weighted by Crippen LogP contribution is 2.24. The zero-order valence-electron chi connectivity index (χ0n) is 11.1. The summed E-state index contributed by atoms with van der Waals surface area (Å²) in [6, 6.07) is 14.9. The fourth-order valence-electron chi connectivity index (χ4n) is 1.77. The van der Waals surface area contributed by atoms with Crippen LogP contribution in [0.25, 0.3) is 6.08 Å². The van der Waals surface area contributed by atoms with Gasteiger partial charge in [-0.25, -0.2) is 0 Å². The topological polar surface area (TPSA) is 52.8 Å². The Morgan fingerprint density at radius 3 is 2.50 bits per heavy atom. The van der Waals surface area contributed by atoms with Crippen molar-refractivity contribution < 1.29 is 10.2 Å². The molecule has 0 heterocycles. The van der Waals surface area contributed by atoms with Crippen LogP contribution in [0.3, 0.4) is 0 Å². The predicted molar refractivity (Wildman–Crippen MR) is 82.3 cm³/mol. The van der Waals surface area contributed by atoms with Crippen molar-refractivity contribution in [1.82, 2.24) is 0 Å². The summed E-state index contributed by atoms with van der Waals surface area (Å²) in [7, 11) is 0. The molecular weight excluding hydrogens is 250 g/mol. The molecule has 0 spiro atoms. The summed E-state index contributed by atoms with van der Waals surface area (Å²) < 4.78 is 0. The van der Waals surface area contributed by atoms with Crippen molar-refractivity contribution in [2.24, 2.45) is 4.99 Å². The molecule has 0 radical (unpaired) electrons. The molecule has 0 aromatic heterocycles. The molecule has 20 heavy (non-hydrogen) atoms. The van der Waals surface area contributed by atoms with Gasteiger partial charge in [-0.1, -0.05) is 42.5 Å². The van der Waals surface area contributed by atoms with Crippen LogP contribution in [-0.2, 0) is 6.42 Å². The first-order valence-corrected chi connectivity index (χ1v) is 6.48. The number of aliphatic imine (C=N–C) groups is 1. The quantitative estimate of drug-likeness (QED) is 0.644. The van der Waals surface area contributed by atoms with Crippen LogP contribution in [0.2, 0.25) is 0 Å². The van der Waals surface area contributed by atoms with Crippen LogP contribution in [0.4, 0.5) is 0 Å². The number of hydrogen-bond donors (Lipinski definition) is 2. The number of phenols is 2.